The van der Waals surface area contributed by atoms with Crippen LogP contribution >= 0.6 is 23.2 Å². The van der Waals surface area contributed by atoms with Gasteiger partial charge in [0.25, 0.3) is 0 Å². The molecule has 0 fully saturated rings. The molecule has 3 aromatic rings. The van der Waals surface area contributed by atoms with E-state index in [1.807, 2.05) is 30.3 Å². The van der Waals surface area contributed by atoms with Crippen molar-refractivity contribution in [3.63, 3.8) is 0 Å². The minimum absolute atomic E-state index is 0.141. The highest BCUT2D eigenvalue weighted by molar-refractivity contribution is 6.42. The minimum atomic E-state index is -0.348. The monoisotopic (exact) mass is 440 g/mol. The fourth-order valence-corrected chi connectivity index (χ4v) is 4.31. The van der Waals surface area contributed by atoms with Crippen LogP contribution in [0.5, 0.6) is 5.75 Å². The maximum absolute atomic E-state index is 12.9. The fraction of sp³-hybridized carbons (Fsp3) is 0.227. The molecule has 2 aromatic carbocycles. The summed E-state index contributed by atoms with van der Waals surface area (Å²) in [4.78, 5) is 17.6. The van der Waals surface area contributed by atoms with Crippen molar-refractivity contribution in [1.82, 2.24) is 14.8 Å². The lowest BCUT2D eigenvalue weighted by molar-refractivity contribution is -0.116. The smallest absolute Gasteiger partial charge is 0.226 e. The second kappa shape index (κ2) is 7.45. The van der Waals surface area contributed by atoms with E-state index in [0.29, 0.717) is 28.2 Å². The van der Waals surface area contributed by atoms with Crippen LogP contribution in [0, 0.1) is 0 Å². The number of anilines is 1. The first-order chi connectivity index (χ1) is 14.5. The maximum atomic E-state index is 12.9. The van der Waals surface area contributed by atoms with E-state index < -0.39 is 0 Å². The first-order valence-electron chi connectivity index (χ1n) is 9.64. The number of methoxy groups -OCH3 is 1. The number of hydrogen-bond acceptors (Lipinski definition) is 5. The molecule has 2 heterocycles. The van der Waals surface area contributed by atoms with E-state index in [2.05, 4.69) is 10.3 Å². The molecule has 0 amide bonds. The van der Waals surface area contributed by atoms with Crippen LogP contribution in [0.2, 0.25) is 10.0 Å². The average Bonchev–Trinajstić information content (AvgIpc) is 3.18. The molecule has 0 spiro atoms. The van der Waals surface area contributed by atoms with E-state index >= 15 is 0 Å². The molecule has 1 unspecified atom stereocenters. The minimum Gasteiger partial charge on any atom is -0.497 e. The second-order valence-corrected chi connectivity index (χ2v) is 8.12. The van der Waals surface area contributed by atoms with Crippen LogP contribution in [0.15, 0.2) is 53.7 Å². The zero-order chi connectivity index (χ0) is 20.8. The number of carbonyl (C=O) groups excluding carboxylic acids is 1. The number of halogens is 2. The van der Waals surface area contributed by atoms with Gasteiger partial charge in [-0.25, -0.2) is 4.68 Å². The average molecular weight is 441 g/mol. The number of aromatic nitrogens is 3. The van der Waals surface area contributed by atoms with E-state index in [-0.39, 0.29) is 11.8 Å². The highest BCUT2D eigenvalue weighted by Gasteiger charge is 2.36. The van der Waals surface area contributed by atoms with Crippen LogP contribution in [0.4, 0.5) is 5.95 Å². The zero-order valence-corrected chi connectivity index (χ0v) is 17.7. The number of ether oxygens (including phenoxy) is 1. The van der Waals surface area contributed by atoms with Gasteiger partial charge in [0.2, 0.25) is 5.95 Å². The van der Waals surface area contributed by atoms with E-state index in [0.717, 1.165) is 41.0 Å². The number of carbonyl (C=O) groups is 1. The van der Waals surface area contributed by atoms with Gasteiger partial charge in [-0.05, 0) is 48.7 Å². The molecule has 8 heteroatoms. The second-order valence-electron chi connectivity index (χ2n) is 7.30. The third kappa shape index (κ3) is 3.16. The Morgan fingerprint density at radius 1 is 1.10 bits per heavy atom. The molecule has 2 aliphatic rings. The number of Topliss-reactive ketones (excluding diaryl/α,β-unsaturated/α-hetero) is 1. The van der Waals surface area contributed by atoms with Crippen molar-refractivity contribution in [2.75, 3.05) is 12.4 Å². The third-order valence-corrected chi connectivity index (χ3v) is 6.22. The lowest BCUT2D eigenvalue weighted by Gasteiger charge is -2.32. The Kier molecular flexibility index (Phi) is 4.76. The summed E-state index contributed by atoms with van der Waals surface area (Å²) in [6, 6.07) is 12.7. The third-order valence-electron chi connectivity index (χ3n) is 5.48. The molecule has 0 radical (unpaired) electrons. The molecule has 152 valence electrons. The summed E-state index contributed by atoms with van der Waals surface area (Å²) in [5.74, 6) is 2.01. The quantitative estimate of drug-likeness (QED) is 0.599. The normalized spacial score (nSPS) is 18.0. The zero-order valence-electron chi connectivity index (χ0n) is 16.2. The molecular weight excluding hydrogens is 423 g/mol. The number of ketones is 1. The molecule has 1 atom stereocenters. The summed E-state index contributed by atoms with van der Waals surface area (Å²) >= 11 is 12.2. The van der Waals surface area contributed by atoms with Crippen molar-refractivity contribution >= 4 is 34.9 Å². The van der Waals surface area contributed by atoms with E-state index in [1.165, 1.54) is 0 Å². The molecule has 6 nitrogen and oxygen atoms in total. The van der Waals surface area contributed by atoms with E-state index in [1.54, 1.807) is 23.9 Å². The lowest BCUT2D eigenvalue weighted by Crippen LogP contribution is -2.31. The van der Waals surface area contributed by atoms with Crippen molar-refractivity contribution in [1.29, 1.82) is 0 Å². The molecule has 1 aliphatic carbocycles. The van der Waals surface area contributed by atoms with Crippen LogP contribution in [0.1, 0.15) is 30.9 Å². The van der Waals surface area contributed by atoms with Crippen LogP contribution in [-0.4, -0.2) is 27.7 Å². The summed E-state index contributed by atoms with van der Waals surface area (Å²) < 4.78 is 7.07. The van der Waals surface area contributed by atoms with Gasteiger partial charge >= 0.3 is 0 Å². The van der Waals surface area contributed by atoms with E-state index in [4.69, 9.17) is 33.0 Å². The number of hydrogen-bond donors (Lipinski definition) is 1. The standard InChI is InChI=1S/C22H18Cl2N4O2/c1-30-14-8-5-12(6-9-14)20-19-17(3-2-4-18(19)29)25-22-26-21(27-28(20)22)13-7-10-15(23)16(24)11-13/h5-11,20H,2-4H2,1H3,(H,25,26,27). The molecule has 1 aromatic heterocycles. The van der Waals surface area contributed by atoms with Gasteiger partial charge in [0.1, 0.15) is 11.8 Å². The van der Waals surface area contributed by atoms with Crippen LogP contribution < -0.4 is 10.1 Å². The van der Waals surface area contributed by atoms with Gasteiger partial charge in [-0.3, -0.25) is 4.79 Å². The molecule has 30 heavy (non-hydrogen) atoms. The number of fused-ring (bicyclic) bond motifs is 1. The Balaban J connectivity index is 1.65. The summed E-state index contributed by atoms with van der Waals surface area (Å²) in [6.45, 7) is 0. The largest absolute Gasteiger partial charge is 0.497 e. The van der Waals surface area contributed by atoms with Gasteiger partial charge in [0, 0.05) is 23.3 Å². The molecule has 0 saturated carbocycles. The Hall–Kier alpha value is -2.83. The SMILES string of the molecule is COc1ccc(C2C3=C(CCCC3=O)Nc3nc(-c4ccc(Cl)c(Cl)c4)nn32)cc1. The summed E-state index contributed by atoms with van der Waals surface area (Å²) in [5.41, 5.74) is 3.38. The Labute approximate surface area is 183 Å². The summed E-state index contributed by atoms with van der Waals surface area (Å²) in [5, 5.41) is 8.99. The topological polar surface area (TPSA) is 69.0 Å². The Morgan fingerprint density at radius 3 is 2.63 bits per heavy atom. The van der Waals surface area contributed by atoms with Crippen LogP contribution in [0.25, 0.3) is 11.4 Å². The van der Waals surface area contributed by atoms with Gasteiger partial charge < -0.3 is 10.1 Å². The number of nitrogens with one attached hydrogen (secondary N) is 1. The molecular formula is C22H18Cl2N4O2. The lowest BCUT2D eigenvalue weighted by atomic mass is 9.85. The molecule has 0 bridgehead atoms. The van der Waals surface area contributed by atoms with Gasteiger partial charge in [-0.2, -0.15) is 4.98 Å². The number of rotatable bonds is 3. The van der Waals surface area contributed by atoms with Crippen molar-refractivity contribution in [2.45, 2.75) is 25.3 Å². The molecule has 5 rings (SSSR count). The Morgan fingerprint density at radius 2 is 1.90 bits per heavy atom. The van der Waals surface area contributed by atoms with Gasteiger partial charge in [0.05, 0.1) is 17.2 Å². The predicted molar refractivity (Wildman–Crippen MR) is 116 cm³/mol. The number of allylic oxidation sites excluding steroid dienone is 2. The number of nitrogens with zero attached hydrogens (tertiary/aromatic N) is 3. The summed E-state index contributed by atoms with van der Waals surface area (Å²) in [7, 11) is 1.63. The van der Waals surface area contributed by atoms with Crippen molar-refractivity contribution in [3.05, 3.63) is 69.3 Å². The molecule has 0 saturated heterocycles. The number of benzene rings is 2. The van der Waals surface area contributed by atoms with Gasteiger partial charge in [0.15, 0.2) is 11.6 Å². The van der Waals surface area contributed by atoms with Gasteiger partial charge in [-0.1, -0.05) is 35.3 Å². The fourth-order valence-electron chi connectivity index (χ4n) is 4.01. The first kappa shape index (κ1) is 19.2. The van der Waals surface area contributed by atoms with Gasteiger partial charge in [-0.15, -0.1) is 5.10 Å². The van der Waals surface area contributed by atoms with Crippen molar-refractivity contribution in [2.24, 2.45) is 0 Å². The highest BCUT2D eigenvalue weighted by Crippen LogP contribution is 2.41. The molecule has 1 aliphatic heterocycles. The summed E-state index contributed by atoms with van der Waals surface area (Å²) in [6.07, 6.45) is 2.17. The van der Waals surface area contributed by atoms with Crippen LogP contribution in [-0.2, 0) is 4.79 Å². The maximum Gasteiger partial charge on any atom is 0.226 e. The van der Waals surface area contributed by atoms with Crippen molar-refractivity contribution in [3.8, 4) is 17.1 Å². The highest BCUT2D eigenvalue weighted by atomic mass is 35.5. The predicted octanol–water partition coefficient (Wildman–Crippen LogP) is 5.28. The first-order valence-corrected chi connectivity index (χ1v) is 10.4. The molecule has 1 N–H and O–H groups in total. The van der Waals surface area contributed by atoms with E-state index in [9.17, 15) is 4.79 Å². The van der Waals surface area contributed by atoms with Crippen molar-refractivity contribution < 1.29 is 9.53 Å². The van der Waals surface area contributed by atoms with Crippen LogP contribution in [0.3, 0.4) is 0 Å². The Bertz CT molecular complexity index is 1180.